The summed E-state index contributed by atoms with van der Waals surface area (Å²) in [7, 11) is 0. The van der Waals surface area contributed by atoms with Gasteiger partial charge >= 0.3 is 0 Å². The van der Waals surface area contributed by atoms with Gasteiger partial charge in [0.2, 0.25) is 0 Å². The van der Waals surface area contributed by atoms with E-state index < -0.39 is 0 Å². The summed E-state index contributed by atoms with van der Waals surface area (Å²) in [5.74, 6) is 0. The van der Waals surface area contributed by atoms with Crippen molar-refractivity contribution < 1.29 is 0 Å². The SMILES string of the molecule is Cc1cc2ccc3ncccc3c2nc1C. The Hall–Kier alpha value is -1.96. The lowest BCUT2D eigenvalue weighted by molar-refractivity contribution is 1.20. The lowest BCUT2D eigenvalue weighted by atomic mass is 10.1. The molecule has 0 fully saturated rings. The van der Waals surface area contributed by atoms with Gasteiger partial charge in [-0.05, 0) is 43.7 Å². The van der Waals surface area contributed by atoms with E-state index >= 15 is 0 Å². The predicted molar refractivity (Wildman–Crippen MR) is 66.5 cm³/mol. The van der Waals surface area contributed by atoms with Gasteiger partial charge in [0.25, 0.3) is 0 Å². The molecule has 0 aliphatic rings. The van der Waals surface area contributed by atoms with Crippen molar-refractivity contribution in [1.29, 1.82) is 0 Å². The van der Waals surface area contributed by atoms with Crippen molar-refractivity contribution in [1.82, 2.24) is 9.97 Å². The molecule has 0 radical (unpaired) electrons. The Morgan fingerprint density at radius 3 is 2.81 bits per heavy atom. The molecule has 2 nitrogen and oxygen atoms in total. The molecule has 3 rings (SSSR count). The molecular formula is C14H12N2. The Bertz CT molecular complexity index is 687. The van der Waals surface area contributed by atoms with Crippen LogP contribution in [0.2, 0.25) is 0 Å². The maximum Gasteiger partial charge on any atom is 0.0799 e. The largest absolute Gasteiger partial charge is 0.256 e. The molecule has 0 aliphatic heterocycles. The first-order valence-electron chi connectivity index (χ1n) is 5.37. The van der Waals surface area contributed by atoms with E-state index in [1.54, 1.807) is 0 Å². The molecule has 16 heavy (non-hydrogen) atoms. The Morgan fingerprint density at radius 2 is 1.94 bits per heavy atom. The summed E-state index contributed by atoms with van der Waals surface area (Å²) in [6.45, 7) is 4.14. The zero-order valence-electron chi connectivity index (χ0n) is 9.36. The molecule has 0 bridgehead atoms. The molecule has 1 aromatic carbocycles. The first kappa shape index (κ1) is 9.28. The van der Waals surface area contributed by atoms with Crippen molar-refractivity contribution in [3.05, 3.63) is 47.8 Å². The van der Waals surface area contributed by atoms with Gasteiger partial charge in [-0.15, -0.1) is 0 Å². The van der Waals surface area contributed by atoms with Gasteiger partial charge in [0.15, 0.2) is 0 Å². The van der Waals surface area contributed by atoms with Crippen molar-refractivity contribution in [2.24, 2.45) is 0 Å². The summed E-state index contributed by atoms with van der Waals surface area (Å²) < 4.78 is 0. The number of hydrogen-bond acceptors (Lipinski definition) is 2. The van der Waals surface area contributed by atoms with Crippen LogP contribution in [0.3, 0.4) is 0 Å². The fourth-order valence-corrected chi connectivity index (χ4v) is 1.99. The van der Waals surface area contributed by atoms with E-state index in [2.05, 4.69) is 35.1 Å². The number of rotatable bonds is 0. The summed E-state index contributed by atoms with van der Waals surface area (Å²) in [4.78, 5) is 9.01. The monoisotopic (exact) mass is 208 g/mol. The fourth-order valence-electron chi connectivity index (χ4n) is 1.99. The first-order valence-corrected chi connectivity index (χ1v) is 5.37. The van der Waals surface area contributed by atoms with Gasteiger partial charge < -0.3 is 0 Å². The van der Waals surface area contributed by atoms with Crippen LogP contribution in [0.1, 0.15) is 11.3 Å². The van der Waals surface area contributed by atoms with Crippen LogP contribution in [-0.4, -0.2) is 9.97 Å². The maximum atomic E-state index is 4.66. The Balaban J connectivity index is 2.55. The third-order valence-electron chi connectivity index (χ3n) is 3.01. The van der Waals surface area contributed by atoms with Crippen molar-refractivity contribution >= 4 is 21.8 Å². The summed E-state index contributed by atoms with van der Waals surface area (Å²) in [6, 6.07) is 10.4. The number of hydrogen-bond donors (Lipinski definition) is 0. The van der Waals surface area contributed by atoms with Crippen LogP contribution in [0.25, 0.3) is 21.8 Å². The van der Waals surface area contributed by atoms with E-state index in [-0.39, 0.29) is 0 Å². The Labute approximate surface area is 94.0 Å². The Kier molecular flexibility index (Phi) is 1.90. The standard InChI is InChI=1S/C14H12N2/c1-9-8-11-5-6-13-12(4-3-7-15-13)14(11)16-10(9)2/h3-8H,1-2H3. The average molecular weight is 208 g/mol. The molecule has 3 aromatic rings. The zero-order chi connectivity index (χ0) is 11.1. The van der Waals surface area contributed by atoms with Gasteiger partial charge in [-0.25, -0.2) is 0 Å². The van der Waals surface area contributed by atoms with Gasteiger partial charge in [-0.3, -0.25) is 9.97 Å². The zero-order valence-corrected chi connectivity index (χ0v) is 9.36. The second kappa shape index (κ2) is 3.27. The van der Waals surface area contributed by atoms with Crippen LogP contribution in [-0.2, 0) is 0 Å². The van der Waals surface area contributed by atoms with E-state index in [0.717, 1.165) is 22.1 Å². The van der Waals surface area contributed by atoms with Gasteiger partial charge in [0.1, 0.15) is 0 Å². The van der Waals surface area contributed by atoms with Crippen LogP contribution in [0, 0.1) is 13.8 Å². The Morgan fingerprint density at radius 1 is 1.06 bits per heavy atom. The van der Waals surface area contributed by atoms with Gasteiger partial charge in [0, 0.05) is 22.7 Å². The van der Waals surface area contributed by atoms with Crippen molar-refractivity contribution in [2.45, 2.75) is 13.8 Å². The van der Waals surface area contributed by atoms with Gasteiger partial charge in [-0.2, -0.15) is 0 Å². The molecule has 0 saturated carbocycles. The van der Waals surface area contributed by atoms with E-state index in [0.29, 0.717) is 0 Å². The minimum absolute atomic E-state index is 1.01. The van der Waals surface area contributed by atoms with Crippen molar-refractivity contribution in [3.63, 3.8) is 0 Å². The average Bonchev–Trinajstić information content (AvgIpc) is 2.31. The minimum Gasteiger partial charge on any atom is -0.256 e. The van der Waals surface area contributed by atoms with Crippen molar-refractivity contribution in [3.8, 4) is 0 Å². The number of benzene rings is 1. The van der Waals surface area contributed by atoms with Crippen LogP contribution < -0.4 is 0 Å². The van der Waals surface area contributed by atoms with E-state index in [4.69, 9.17) is 0 Å². The molecule has 0 aliphatic carbocycles. The fraction of sp³-hybridized carbons (Fsp3) is 0.143. The normalized spacial score (nSPS) is 11.1. The van der Waals surface area contributed by atoms with Crippen LogP contribution >= 0.6 is 0 Å². The smallest absolute Gasteiger partial charge is 0.0799 e. The van der Waals surface area contributed by atoms with Gasteiger partial charge in [-0.1, -0.05) is 6.07 Å². The minimum atomic E-state index is 1.01. The van der Waals surface area contributed by atoms with Crippen molar-refractivity contribution in [2.75, 3.05) is 0 Å². The molecule has 0 N–H and O–H groups in total. The molecule has 2 heteroatoms. The number of aryl methyl sites for hydroxylation is 2. The molecule has 0 atom stereocenters. The second-order valence-corrected chi connectivity index (χ2v) is 4.10. The highest BCUT2D eigenvalue weighted by molar-refractivity contribution is 6.03. The highest BCUT2D eigenvalue weighted by Gasteiger charge is 2.04. The quantitative estimate of drug-likeness (QED) is 0.529. The second-order valence-electron chi connectivity index (χ2n) is 4.10. The lowest BCUT2D eigenvalue weighted by Crippen LogP contribution is -1.90. The third kappa shape index (κ3) is 1.27. The summed E-state index contributed by atoms with van der Waals surface area (Å²) in [5.41, 5.74) is 4.37. The number of pyridine rings is 2. The van der Waals surface area contributed by atoms with Crippen LogP contribution in [0.15, 0.2) is 36.5 Å². The molecule has 0 unspecified atom stereocenters. The number of aromatic nitrogens is 2. The van der Waals surface area contributed by atoms with Gasteiger partial charge in [0.05, 0.1) is 11.0 Å². The molecule has 0 saturated heterocycles. The lowest BCUT2D eigenvalue weighted by Gasteiger charge is -2.05. The number of fused-ring (bicyclic) bond motifs is 3. The van der Waals surface area contributed by atoms with Crippen LogP contribution in [0.5, 0.6) is 0 Å². The van der Waals surface area contributed by atoms with Crippen LogP contribution in [0.4, 0.5) is 0 Å². The number of nitrogens with zero attached hydrogens (tertiary/aromatic N) is 2. The summed E-state index contributed by atoms with van der Waals surface area (Å²) >= 11 is 0. The summed E-state index contributed by atoms with van der Waals surface area (Å²) in [6.07, 6.45) is 1.81. The predicted octanol–water partition coefficient (Wildman–Crippen LogP) is 3.40. The summed E-state index contributed by atoms with van der Waals surface area (Å²) in [5, 5.41) is 2.31. The highest BCUT2D eigenvalue weighted by Crippen LogP contribution is 2.23. The molecule has 2 heterocycles. The topological polar surface area (TPSA) is 25.8 Å². The molecule has 0 spiro atoms. The third-order valence-corrected chi connectivity index (χ3v) is 3.01. The molecule has 2 aromatic heterocycles. The first-order chi connectivity index (χ1) is 7.75. The maximum absolute atomic E-state index is 4.66. The molecule has 78 valence electrons. The highest BCUT2D eigenvalue weighted by atomic mass is 14.7. The molecular weight excluding hydrogens is 196 g/mol. The van der Waals surface area contributed by atoms with E-state index in [1.807, 2.05) is 25.3 Å². The molecule has 0 amide bonds. The van der Waals surface area contributed by atoms with E-state index in [1.165, 1.54) is 10.9 Å². The van der Waals surface area contributed by atoms with E-state index in [9.17, 15) is 0 Å².